The Balaban J connectivity index is 1.32. The van der Waals surface area contributed by atoms with Gasteiger partial charge >= 0.3 is 5.97 Å². The third kappa shape index (κ3) is 6.69. The highest BCUT2D eigenvalue weighted by Crippen LogP contribution is 2.45. The van der Waals surface area contributed by atoms with Gasteiger partial charge in [-0.15, -0.1) is 0 Å². The number of ether oxygens (including phenoxy) is 5. The predicted octanol–water partition coefficient (Wildman–Crippen LogP) is 7.15. The number of nitrogens with zero attached hydrogens (tertiary/aromatic N) is 1. The summed E-state index contributed by atoms with van der Waals surface area (Å²) in [6.07, 6.45) is 0.855. The maximum atomic E-state index is 12.9. The van der Waals surface area contributed by atoms with Crippen LogP contribution in [0.3, 0.4) is 0 Å². The molecule has 2 N–H and O–H groups in total. The Kier molecular flexibility index (Phi) is 9.04. The van der Waals surface area contributed by atoms with Crippen LogP contribution in [-0.4, -0.2) is 19.7 Å². The number of hydrogen-bond donors (Lipinski definition) is 1. The smallest absolute Gasteiger partial charge is 0.343 e. The van der Waals surface area contributed by atoms with E-state index in [1.54, 1.807) is 61.7 Å². The Bertz CT molecular complexity index is 1690. The van der Waals surface area contributed by atoms with E-state index in [0.717, 1.165) is 17.5 Å². The topological polar surface area (TPSA) is 113 Å². The lowest BCUT2D eigenvalue weighted by Crippen LogP contribution is -2.21. The Labute approximate surface area is 254 Å². The summed E-state index contributed by atoms with van der Waals surface area (Å²) in [6.45, 7) is 2.94. The van der Waals surface area contributed by atoms with Crippen LogP contribution in [0.1, 0.15) is 46.3 Å². The van der Waals surface area contributed by atoms with E-state index in [-0.39, 0.29) is 17.2 Å². The molecule has 1 aliphatic rings. The molecule has 0 spiro atoms. The molecule has 0 amide bonds. The van der Waals surface area contributed by atoms with Gasteiger partial charge < -0.3 is 29.4 Å². The molecule has 0 saturated carbocycles. The maximum Gasteiger partial charge on any atom is 0.343 e. The second kappa shape index (κ2) is 13.2. The van der Waals surface area contributed by atoms with Crippen LogP contribution in [0.2, 0.25) is 5.02 Å². The van der Waals surface area contributed by atoms with Crippen molar-refractivity contribution >= 4 is 17.6 Å². The van der Waals surface area contributed by atoms with Crippen molar-refractivity contribution in [2.75, 3.05) is 13.7 Å². The number of fused-ring (bicyclic) bond motifs is 1. The zero-order chi connectivity index (χ0) is 30.3. The molecular weight excluding hydrogens is 568 g/mol. The first-order valence-corrected chi connectivity index (χ1v) is 14.0. The van der Waals surface area contributed by atoms with Crippen LogP contribution in [0, 0.1) is 11.3 Å². The molecule has 1 aliphatic heterocycles. The molecule has 5 rings (SSSR count). The number of halogens is 1. The molecule has 0 bridgehead atoms. The summed E-state index contributed by atoms with van der Waals surface area (Å²) in [4.78, 5) is 12.9. The summed E-state index contributed by atoms with van der Waals surface area (Å²) in [5.41, 5.74) is 9.22. The molecule has 4 aromatic carbocycles. The first-order chi connectivity index (χ1) is 20.9. The van der Waals surface area contributed by atoms with Gasteiger partial charge in [0.1, 0.15) is 35.5 Å². The van der Waals surface area contributed by atoms with Crippen molar-refractivity contribution in [1.82, 2.24) is 0 Å². The lowest BCUT2D eigenvalue weighted by molar-refractivity contribution is 0.0734. The molecule has 0 radical (unpaired) electrons. The fraction of sp³-hybridized carbons (Fsp3) is 0.176. The lowest BCUT2D eigenvalue weighted by Gasteiger charge is -2.27. The number of nitrogens with two attached hydrogens (primary N) is 1. The molecule has 0 fully saturated rings. The van der Waals surface area contributed by atoms with Crippen LogP contribution in [0.25, 0.3) is 0 Å². The molecule has 4 aromatic rings. The van der Waals surface area contributed by atoms with E-state index in [9.17, 15) is 10.1 Å². The number of methoxy groups -OCH3 is 1. The number of carbonyl (C=O) groups is 1. The van der Waals surface area contributed by atoms with Crippen molar-refractivity contribution in [3.05, 3.63) is 124 Å². The molecule has 0 aliphatic carbocycles. The van der Waals surface area contributed by atoms with Gasteiger partial charge in [0.15, 0.2) is 11.5 Å². The van der Waals surface area contributed by atoms with Crippen molar-refractivity contribution in [1.29, 1.82) is 5.26 Å². The number of hydrogen-bond acceptors (Lipinski definition) is 8. The quantitative estimate of drug-likeness (QED) is 0.152. The average Bonchev–Trinajstić information content (AvgIpc) is 3.03. The van der Waals surface area contributed by atoms with Crippen molar-refractivity contribution in [2.45, 2.75) is 25.9 Å². The largest absolute Gasteiger partial charge is 0.493 e. The number of carbonyl (C=O) groups excluding carboxylic acids is 1. The maximum absolute atomic E-state index is 12.9. The van der Waals surface area contributed by atoms with E-state index in [1.165, 1.54) is 0 Å². The molecule has 0 aromatic heterocycles. The third-order valence-electron chi connectivity index (χ3n) is 6.79. The minimum atomic E-state index is -0.551. The summed E-state index contributed by atoms with van der Waals surface area (Å²) in [5, 5.41) is 10.6. The van der Waals surface area contributed by atoms with Gasteiger partial charge in [-0.3, -0.25) is 0 Å². The molecule has 1 heterocycles. The van der Waals surface area contributed by atoms with E-state index in [1.807, 2.05) is 37.3 Å². The van der Waals surface area contributed by atoms with Gasteiger partial charge in [-0.05, 0) is 72.1 Å². The van der Waals surface area contributed by atoms with Crippen LogP contribution in [-0.2, 0) is 6.61 Å². The Morgan fingerprint density at radius 2 is 1.70 bits per heavy atom. The minimum Gasteiger partial charge on any atom is -0.493 e. The highest BCUT2D eigenvalue weighted by molar-refractivity contribution is 6.30. The van der Waals surface area contributed by atoms with E-state index >= 15 is 0 Å². The third-order valence-corrected chi connectivity index (χ3v) is 7.04. The fourth-order valence-electron chi connectivity index (χ4n) is 4.64. The normalized spacial score (nSPS) is 13.8. The standard InChI is InChI=1S/C34H29ClN2O6/c1-3-16-40-29-15-8-23(17-31(29)39-2)32-27-14-13-26(18-30(27)43-33(37)28(32)19-36)42-34(38)22-6-11-25(12-7-22)41-20-21-4-9-24(35)10-5-21/h4-15,17-18,32H,3,16,20,37H2,1-2H3. The van der Waals surface area contributed by atoms with Crippen LogP contribution in [0.4, 0.5) is 0 Å². The highest BCUT2D eigenvalue weighted by atomic mass is 35.5. The van der Waals surface area contributed by atoms with E-state index in [4.69, 9.17) is 41.0 Å². The molecule has 43 heavy (non-hydrogen) atoms. The summed E-state index contributed by atoms with van der Waals surface area (Å²) in [7, 11) is 1.56. The zero-order valence-electron chi connectivity index (χ0n) is 23.6. The van der Waals surface area contributed by atoms with Gasteiger partial charge in [-0.1, -0.05) is 42.8 Å². The van der Waals surface area contributed by atoms with Crippen molar-refractivity contribution in [3.63, 3.8) is 0 Å². The molecule has 1 atom stereocenters. The molecule has 9 heteroatoms. The van der Waals surface area contributed by atoms with E-state index in [0.29, 0.717) is 52.4 Å². The highest BCUT2D eigenvalue weighted by Gasteiger charge is 2.32. The van der Waals surface area contributed by atoms with Crippen molar-refractivity contribution in [3.8, 4) is 34.8 Å². The molecule has 218 valence electrons. The van der Waals surface area contributed by atoms with Gasteiger partial charge in [-0.25, -0.2) is 4.79 Å². The Morgan fingerprint density at radius 1 is 0.953 bits per heavy atom. The summed E-state index contributed by atoms with van der Waals surface area (Å²) in [5.74, 6) is 1.31. The van der Waals surface area contributed by atoms with E-state index in [2.05, 4.69) is 6.07 Å². The SMILES string of the molecule is CCCOc1ccc(C2C(C#N)=C(N)Oc3cc(OC(=O)c4ccc(OCc5ccc(Cl)cc5)cc4)ccc32)cc1OC. The van der Waals surface area contributed by atoms with Crippen LogP contribution in [0.15, 0.2) is 96.4 Å². The second-order valence-electron chi connectivity index (χ2n) is 9.71. The van der Waals surface area contributed by atoms with Crippen molar-refractivity contribution < 1.29 is 28.5 Å². The summed E-state index contributed by atoms with van der Waals surface area (Å²) in [6, 6.07) is 26.7. The monoisotopic (exact) mass is 596 g/mol. The van der Waals surface area contributed by atoms with Gasteiger partial charge in [-0.2, -0.15) is 5.26 Å². The number of allylic oxidation sites excluding steroid dienone is 1. The van der Waals surface area contributed by atoms with Gasteiger partial charge in [0.05, 0.1) is 25.2 Å². The predicted molar refractivity (Wildman–Crippen MR) is 162 cm³/mol. The number of benzene rings is 4. The van der Waals surface area contributed by atoms with Gasteiger partial charge in [0, 0.05) is 16.7 Å². The molecule has 0 saturated heterocycles. The molecule has 8 nitrogen and oxygen atoms in total. The minimum absolute atomic E-state index is 0.0251. The van der Waals surface area contributed by atoms with Crippen LogP contribution in [0.5, 0.6) is 28.7 Å². The summed E-state index contributed by atoms with van der Waals surface area (Å²) >= 11 is 5.93. The summed E-state index contributed by atoms with van der Waals surface area (Å²) < 4.78 is 28.6. The van der Waals surface area contributed by atoms with Gasteiger partial charge in [0.25, 0.3) is 0 Å². The molecule has 1 unspecified atom stereocenters. The average molecular weight is 597 g/mol. The second-order valence-corrected chi connectivity index (χ2v) is 10.1. The van der Waals surface area contributed by atoms with Crippen LogP contribution < -0.4 is 29.4 Å². The fourth-order valence-corrected chi connectivity index (χ4v) is 4.76. The first kappa shape index (κ1) is 29.4. The van der Waals surface area contributed by atoms with Crippen molar-refractivity contribution in [2.24, 2.45) is 5.73 Å². The molecular formula is C34H29ClN2O6. The van der Waals surface area contributed by atoms with Crippen LogP contribution >= 0.6 is 11.6 Å². The Hall–Kier alpha value is -5.13. The van der Waals surface area contributed by atoms with E-state index < -0.39 is 11.9 Å². The number of rotatable bonds is 10. The lowest BCUT2D eigenvalue weighted by atomic mass is 9.83. The Morgan fingerprint density at radius 3 is 2.40 bits per heavy atom. The van der Waals surface area contributed by atoms with Gasteiger partial charge in [0.2, 0.25) is 5.88 Å². The zero-order valence-corrected chi connectivity index (χ0v) is 24.4. The number of esters is 1. The first-order valence-electron chi connectivity index (χ1n) is 13.6. The number of nitriles is 1.